The molecule has 1 N–H and O–H groups in total. The number of thiazole rings is 1. The number of anilines is 1. The predicted octanol–water partition coefficient (Wildman–Crippen LogP) is 2.18. The van der Waals surface area contributed by atoms with Crippen LogP contribution in [0.3, 0.4) is 0 Å². The Hall–Kier alpha value is -2.85. The molecule has 0 aliphatic heterocycles. The smallest absolute Gasteiger partial charge is 0.343 e. The van der Waals surface area contributed by atoms with Crippen molar-refractivity contribution in [1.29, 1.82) is 0 Å². The van der Waals surface area contributed by atoms with Crippen LogP contribution in [0.4, 0.5) is 5.69 Å². The molecule has 0 saturated heterocycles. The van der Waals surface area contributed by atoms with Gasteiger partial charge in [0.05, 0.1) is 18.6 Å². The highest BCUT2D eigenvalue weighted by Crippen LogP contribution is 2.17. The van der Waals surface area contributed by atoms with E-state index in [1.54, 1.807) is 35.8 Å². The summed E-state index contributed by atoms with van der Waals surface area (Å²) in [5, 5.41) is 4.58. The van der Waals surface area contributed by atoms with Crippen molar-refractivity contribution in [3.8, 4) is 5.75 Å². The van der Waals surface area contributed by atoms with Gasteiger partial charge in [0.1, 0.15) is 5.75 Å². The van der Waals surface area contributed by atoms with E-state index in [9.17, 15) is 14.4 Å². The lowest BCUT2D eigenvalue weighted by Gasteiger charge is -2.07. The van der Waals surface area contributed by atoms with Crippen LogP contribution < -0.4 is 15.6 Å². The first-order chi connectivity index (χ1) is 13.5. The molecule has 1 aromatic carbocycles. The highest BCUT2D eigenvalue weighted by atomic mass is 32.2. The number of hydrogen-bond acceptors (Lipinski definition) is 8. The van der Waals surface area contributed by atoms with Crippen LogP contribution in [0.25, 0.3) is 4.96 Å². The average molecular weight is 419 g/mol. The van der Waals surface area contributed by atoms with Gasteiger partial charge in [0.2, 0.25) is 5.91 Å². The molecule has 0 bridgehead atoms. The molecule has 0 radical (unpaired) electrons. The number of nitrogens with zero attached hydrogens (tertiary/aromatic N) is 2. The van der Waals surface area contributed by atoms with Crippen molar-refractivity contribution in [2.24, 2.45) is 0 Å². The topological polar surface area (TPSA) is 99.0 Å². The zero-order valence-corrected chi connectivity index (χ0v) is 16.5. The summed E-state index contributed by atoms with van der Waals surface area (Å²) in [6.45, 7) is -0.173. The summed E-state index contributed by atoms with van der Waals surface area (Å²) in [4.78, 5) is 40.1. The number of amides is 1. The maximum atomic E-state index is 12.1. The normalized spacial score (nSPS) is 10.6. The Bertz CT molecular complexity index is 1030. The number of thioether (sulfide) groups is 1. The fourth-order valence-electron chi connectivity index (χ4n) is 2.24. The zero-order chi connectivity index (χ0) is 19.9. The van der Waals surface area contributed by atoms with Crippen molar-refractivity contribution in [3.05, 3.63) is 58.0 Å². The van der Waals surface area contributed by atoms with Crippen LogP contribution >= 0.6 is 23.1 Å². The van der Waals surface area contributed by atoms with Crippen molar-refractivity contribution in [3.63, 3.8) is 0 Å². The van der Waals surface area contributed by atoms with E-state index >= 15 is 0 Å². The van der Waals surface area contributed by atoms with Gasteiger partial charge in [-0.1, -0.05) is 0 Å². The molecular weight excluding hydrogens is 402 g/mol. The number of nitrogens with one attached hydrogen (secondary N) is 1. The fourth-order valence-corrected chi connectivity index (χ4v) is 3.70. The van der Waals surface area contributed by atoms with Crippen molar-refractivity contribution in [1.82, 2.24) is 9.38 Å². The molecule has 0 fully saturated rings. The molecule has 3 rings (SSSR count). The second-order valence-electron chi connectivity index (χ2n) is 5.57. The van der Waals surface area contributed by atoms with Gasteiger partial charge in [0, 0.05) is 29.1 Å². The molecule has 2 aromatic heterocycles. The van der Waals surface area contributed by atoms with Crippen LogP contribution in [-0.2, 0) is 20.1 Å². The molecule has 0 aliphatic carbocycles. The molecule has 0 atom stereocenters. The number of carbonyl (C=O) groups is 2. The lowest BCUT2D eigenvalue weighted by Crippen LogP contribution is -2.15. The van der Waals surface area contributed by atoms with Crippen LogP contribution in [-0.4, -0.2) is 40.7 Å². The minimum absolute atomic E-state index is 0.124. The minimum Gasteiger partial charge on any atom is -0.482 e. The standard InChI is InChI=1S/C18H17N3O5S2/c1-25-17(24)9-26-14-4-2-12(3-5-14)19-15(22)11-27-10-13-8-16(23)21-6-7-28-18(21)20-13/h2-8H,9-11H2,1H3,(H,19,22). The Morgan fingerprint density at radius 1 is 1.29 bits per heavy atom. The van der Waals surface area contributed by atoms with E-state index in [4.69, 9.17) is 4.74 Å². The van der Waals surface area contributed by atoms with E-state index in [1.807, 2.05) is 0 Å². The van der Waals surface area contributed by atoms with Gasteiger partial charge < -0.3 is 14.8 Å². The molecular formula is C18H17N3O5S2. The second kappa shape index (κ2) is 9.38. The number of rotatable bonds is 8. The summed E-state index contributed by atoms with van der Waals surface area (Å²) in [7, 11) is 1.29. The summed E-state index contributed by atoms with van der Waals surface area (Å²) in [6, 6.07) is 8.15. The monoisotopic (exact) mass is 419 g/mol. The largest absolute Gasteiger partial charge is 0.482 e. The number of carbonyl (C=O) groups excluding carboxylic acids is 2. The maximum absolute atomic E-state index is 12.1. The molecule has 0 aliphatic rings. The molecule has 3 aromatic rings. The number of ether oxygens (including phenoxy) is 2. The van der Waals surface area contributed by atoms with Crippen LogP contribution in [0, 0.1) is 0 Å². The molecule has 28 heavy (non-hydrogen) atoms. The SMILES string of the molecule is COC(=O)COc1ccc(NC(=O)CSCc2cc(=O)n3ccsc3n2)cc1. The van der Waals surface area contributed by atoms with Crippen LogP contribution in [0.15, 0.2) is 46.7 Å². The molecule has 1 amide bonds. The molecule has 8 nitrogen and oxygen atoms in total. The highest BCUT2D eigenvalue weighted by Gasteiger charge is 2.07. The minimum atomic E-state index is -0.468. The van der Waals surface area contributed by atoms with Gasteiger partial charge in [0.25, 0.3) is 5.56 Å². The molecule has 0 spiro atoms. The molecule has 0 saturated carbocycles. The van der Waals surface area contributed by atoms with Crippen LogP contribution in [0.2, 0.25) is 0 Å². The van der Waals surface area contributed by atoms with E-state index in [2.05, 4.69) is 15.0 Å². The maximum Gasteiger partial charge on any atom is 0.343 e. The first kappa shape index (κ1) is 19.9. The molecule has 0 unspecified atom stereocenters. The van der Waals surface area contributed by atoms with Crippen LogP contribution in [0.5, 0.6) is 5.75 Å². The van der Waals surface area contributed by atoms with E-state index in [0.29, 0.717) is 27.8 Å². The summed E-state index contributed by atoms with van der Waals surface area (Å²) in [6.07, 6.45) is 1.69. The Labute approximate surface area is 168 Å². The summed E-state index contributed by atoms with van der Waals surface area (Å²) in [5.74, 6) is 0.565. The quantitative estimate of drug-likeness (QED) is 0.559. The second-order valence-corrected chi connectivity index (χ2v) is 7.43. The van der Waals surface area contributed by atoms with Gasteiger partial charge in [0.15, 0.2) is 11.6 Å². The van der Waals surface area contributed by atoms with Gasteiger partial charge in [-0.15, -0.1) is 23.1 Å². The van der Waals surface area contributed by atoms with E-state index in [0.717, 1.165) is 0 Å². The Morgan fingerprint density at radius 2 is 2.07 bits per heavy atom. The number of esters is 1. The van der Waals surface area contributed by atoms with Crippen molar-refractivity contribution in [2.75, 3.05) is 24.8 Å². The van der Waals surface area contributed by atoms with Crippen molar-refractivity contribution >= 4 is 45.6 Å². The third-order valence-electron chi connectivity index (χ3n) is 3.56. The number of aromatic nitrogens is 2. The summed E-state index contributed by atoms with van der Waals surface area (Å²) in [5.41, 5.74) is 1.14. The lowest BCUT2D eigenvalue weighted by molar-refractivity contribution is -0.142. The number of hydrogen-bond donors (Lipinski definition) is 1. The van der Waals surface area contributed by atoms with E-state index < -0.39 is 5.97 Å². The molecule has 146 valence electrons. The van der Waals surface area contributed by atoms with Gasteiger partial charge in [-0.2, -0.15) is 0 Å². The summed E-state index contributed by atoms with van der Waals surface area (Å²) < 4.78 is 11.2. The van der Waals surface area contributed by atoms with E-state index in [1.165, 1.54) is 40.7 Å². The third-order valence-corrected chi connectivity index (χ3v) is 5.28. The van der Waals surface area contributed by atoms with Crippen molar-refractivity contribution < 1.29 is 19.1 Å². The molecule has 10 heteroatoms. The lowest BCUT2D eigenvalue weighted by atomic mass is 10.3. The fraction of sp³-hybridized carbons (Fsp3) is 0.222. The number of methoxy groups -OCH3 is 1. The zero-order valence-electron chi connectivity index (χ0n) is 14.9. The first-order valence-electron chi connectivity index (χ1n) is 8.18. The third kappa shape index (κ3) is 5.33. The van der Waals surface area contributed by atoms with Gasteiger partial charge in [-0.3, -0.25) is 14.0 Å². The highest BCUT2D eigenvalue weighted by molar-refractivity contribution is 7.99. The number of benzene rings is 1. The van der Waals surface area contributed by atoms with Gasteiger partial charge in [-0.25, -0.2) is 9.78 Å². The van der Waals surface area contributed by atoms with E-state index in [-0.39, 0.29) is 23.8 Å². The summed E-state index contributed by atoms with van der Waals surface area (Å²) >= 11 is 2.77. The van der Waals surface area contributed by atoms with Gasteiger partial charge >= 0.3 is 5.97 Å². The van der Waals surface area contributed by atoms with Crippen LogP contribution in [0.1, 0.15) is 5.69 Å². The predicted molar refractivity (Wildman–Crippen MR) is 108 cm³/mol. The first-order valence-corrected chi connectivity index (χ1v) is 10.2. The van der Waals surface area contributed by atoms with Crippen molar-refractivity contribution in [2.45, 2.75) is 5.75 Å². The Balaban J connectivity index is 1.46. The van der Waals surface area contributed by atoms with Gasteiger partial charge in [-0.05, 0) is 24.3 Å². The average Bonchev–Trinajstić information content (AvgIpc) is 3.16. The Kier molecular flexibility index (Phi) is 6.66. The number of fused-ring (bicyclic) bond motifs is 1. The molecule has 2 heterocycles. The Morgan fingerprint density at radius 3 is 2.82 bits per heavy atom.